The van der Waals surface area contributed by atoms with Gasteiger partial charge in [-0.15, -0.1) is 0 Å². The predicted molar refractivity (Wildman–Crippen MR) is 68.3 cm³/mol. The van der Waals surface area contributed by atoms with Gasteiger partial charge in [0.15, 0.2) is 17.5 Å². The molecule has 0 radical (unpaired) electrons. The van der Waals surface area contributed by atoms with Gasteiger partial charge in [-0.05, 0) is 36.7 Å². The number of nitrogens with one attached hydrogen (secondary N) is 1. The molecule has 0 bridgehead atoms. The van der Waals surface area contributed by atoms with Crippen LogP contribution in [0, 0.1) is 17.5 Å². The van der Waals surface area contributed by atoms with Crippen LogP contribution in [0.4, 0.5) is 13.2 Å². The molecule has 4 heteroatoms. The van der Waals surface area contributed by atoms with E-state index in [1.165, 1.54) is 0 Å². The summed E-state index contributed by atoms with van der Waals surface area (Å²) >= 11 is 0. The highest BCUT2D eigenvalue weighted by Gasteiger charge is 2.16. The lowest BCUT2D eigenvalue weighted by Crippen LogP contribution is -2.19. The lowest BCUT2D eigenvalue weighted by Gasteiger charge is -2.17. The normalized spacial score (nSPS) is 12.4. The van der Waals surface area contributed by atoms with Crippen molar-refractivity contribution in [2.24, 2.45) is 0 Å². The first-order valence-corrected chi connectivity index (χ1v) is 5.97. The van der Waals surface area contributed by atoms with Gasteiger partial charge in [0.1, 0.15) is 0 Å². The summed E-state index contributed by atoms with van der Waals surface area (Å²) in [5.41, 5.74) is 1.43. The third-order valence-corrected chi connectivity index (χ3v) is 3.04. The van der Waals surface area contributed by atoms with Gasteiger partial charge in [-0.3, -0.25) is 0 Å². The Morgan fingerprint density at radius 1 is 1.00 bits per heavy atom. The largest absolute Gasteiger partial charge is 0.313 e. The molecule has 1 unspecified atom stereocenters. The van der Waals surface area contributed by atoms with Crippen LogP contribution in [0.25, 0.3) is 0 Å². The molecule has 100 valence electrons. The van der Waals surface area contributed by atoms with Gasteiger partial charge < -0.3 is 5.32 Å². The summed E-state index contributed by atoms with van der Waals surface area (Å²) in [5.74, 6) is -3.76. The van der Waals surface area contributed by atoms with Crippen LogP contribution in [0.15, 0.2) is 42.5 Å². The van der Waals surface area contributed by atoms with E-state index in [4.69, 9.17) is 0 Å². The maximum atomic E-state index is 13.2. The Hall–Kier alpha value is -1.81. The van der Waals surface area contributed by atoms with Crippen molar-refractivity contribution in [3.63, 3.8) is 0 Å². The number of likely N-dealkylation sites (N-methyl/N-ethyl adjacent to an activating group) is 1. The number of hydrogen-bond acceptors (Lipinski definition) is 1. The minimum Gasteiger partial charge on any atom is -0.313 e. The Bertz CT molecular complexity index is 532. The quantitative estimate of drug-likeness (QED) is 0.833. The van der Waals surface area contributed by atoms with E-state index < -0.39 is 17.5 Å². The zero-order valence-corrected chi connectivity index (χ0v) is 10.5. The second-order valence-corrected chi connectivity index (χ2v) is 4.33. The first-order chi connectivity index (χ1) is 9.11. The van der Waals surface area contributed by atoms with E-state index in [9.17, 15) is 13.2 Å². The molecule has 0 heterocycles. The number of halogens is 3. The van der Waals surface area contributed by atoms with Gasteiger partial charge in [-0.1, -0.05) is 30.3 Å². The molecule has 1 N–H and O–H groups in total. The highest BCUT2D eigenvalue weighted by Crippen LogP contribution is 2.22. The molecule has 0 saturated heterocycles. The van der Waals surface area contributed by atoms with Crippen LogP contribution in [-0.2, 0) is 6.42 Å². The average molecular weight is 265 g/mol. The molecular formula is C15H14F3N. The molecule has 0 aliphatic rings. The highest BCUT2D eigenvalue weighted by atomic mass is 19.2. The lowest BCUT2D eigenvalue weighted by molar-refractivity contribution is 0.441. The molecule has 2 rings (SSSR count). The molecule has 1 atom stereocenters. The monoisotopic (exact) mass is 265 g/mol. The molecule has 0 amide bonds. The summed E-state index contributed by atoms with van der Waals surface area (Å²) in [7, 11) is 1.70. The lowest BCUT2D eigenvalue weighted by atomic mass is 9.98. The Morgan fingerprint density at radius 2 is 1.58 bits per heavy atom. The molecule has 19 heavy (non-hydrogen) atoms. The van der Waals surface area contributed by atoms with Gasteiger partial charge >= 0.3 is 0 Å². The Balaban J connectivity index is 2.27. The van der Waals surface area contributed by atoms with E-state index in [1.807, 2.05) is 30.3 Å². The fourth-order valence-corrected chi connectivity index (χ4v) is 2.01. The minimum absolute atomic E-state index is 0.271. The van der Waals surface area contributed by atoms with Crippen LogP contribution < -0.4 is 5.32 Å². The summed E-state index contributed by atoms with van der Waals surface area (Å²) in [5, 5.41) is 2.98. The molecule has 2 aromatic rings. The topological polar surface area (TPSA) is 12.0 Å². The van der Waals surface area contributed by atoms with Gasteiger partial charge in [0, 0.05) is 6.04 Å². The van der Waals surface area contributed by atoms with Crippen molar-refractivity contribution in [1.82, 2.24) is 5.32 Å². The zero-order chi connectivity index (χ0) is 13.8. The van der Waals surface area contributed by atoms with Crippen molar-refractivity contribution in [3.05, 3.63) is 71.0 Å². The molecule has 0 fully saturated rings. The maximum Gasteiger partial charge on any atom is 0.194 e. The van der Waals surface area contributed by atoms with E-state index >= 15 is 0 Å². The van der Waals surface area contributed by atoms with Crippen molar-refractivity contribution >= 4 is 0 Å². The summed E-state index contributed by atoms with van der Waals surface area (Å²) in [4.78, 5) is 0. The summed E-state index contributed by atoms with van der Waals surface area (Å²) < 4.78 is 39.4. The van der Waals surface area contributed by atoms with E-state index in [2.05, 4.69) is 5.32 Å². The van der Waals surface area contributed by atoms with Gasteiger partial charge in [0.2, 0.25) is 0 Å². The predicted octanol–water partition coefficient (Wildman–Crippen LogP) is 3.61. The average Bonchev–Trinajstić information content (AvgIpc) is 2.42. The SMILES string of the molecule is CNC(Cc1ccccc1)c1cc(F)c(F)c(F)c1. The summed E-state index contributed by atoms with van der Waals surface area (Å²) in [6.45, 7) is 0. The van der Waals surface area contributed by atoms with Crippen LogP contribution in [0.5, 0.6) is 0 Å². The third-order valence-electron chi connectivity index (χ3n) is 3.04. The third kappa shape index (κ3) is 3.15. The van der Waals surface area contributed by atoms with Crippen molar-refractivity contribution in [2.45, 2.75) is 12.5 Å². The number of benzene rings is 2. The van der Waals surface area contributed by atoms with Crippen molar-refractivity contribution in [1.29, 1.82) is 0 Å². The van der Waals surface area contributed by atoms with Crippen molar-refractivity contribution < 1.29 is 13.2 Å². The Morgan fingerprint density at radius 3 is 2.11 bits per heavy atom. The maximum absolute atomic E-state index is 13.2. The van der Waals surface area contributed by atoms with E-state index in [-0.39, 0.29) is 6.04 Å². The van der Waals surface area contributed by atoms with Gasteiger partial charge in [-0.25, -0.2) is 13.2 Å². The zero-order valence-electron chi connectivity index (χ0n) is 10.5. The smallest absolute Gasteiger partial charge is 0.194 e. The van der Waals surface area contributed by atoms with Gasteiger partial charge in [0.05, 0.1) is 0 Å². The molecule has 0 aliphatic heterocycles. The fraction of sp³-hybridized carbons (Fsp3) is 0.200. The van der Waals surface area contributed by atoms with Gasteiger partial charge in [0.25, 0.3) is 0 Å². The van der Waals surface area contributed by atoms with Crippen LogP contribution in [0.2, 0.25) is 0 Å². The second-order valence-electron chi connectivity index (χ2n) is 4.33. The minimum atomic E-state index is -1.43. The molecule has 0 spiro atoms. The van der Waals surface area contributed by atoms with Gasteiger partial charge in [-0.2, -0.15) is 0 Å². The first kappa shape index (κ1) is 13.6. The highest BCUT2D eigenvalue weighted by molar-refractivity contribution is 5.25. The summed E-state index contributed by atoms with van der Waals surface area (Å²) in [6, 6.07) is 11.3. The van der Waals surface area contributed by atoms with Crippen LogP contribution in [0.1, 0.15) is 17.2 Å². The molecule has 0 saturated carbocycles. The summed E-state index contributed by atoms with van der Waals surface area (Å²) in [6.07, 6.45) is 0.571. The van der Waals surface area contributed by atoms with Crippen LogP contribution in [0.3, 0.4) is 0 Å². The fourth-order valence-electron chi connectivity index (χ4n) is 2.01. The van der Waals surface area contributed by atoms with Crippen molar-refractivity contribution in [3.8, 4) is 0 Å². The van der Waals surface area contributed by atoms with E-state index in [1.54, 1.807) is 7.05 Å². The molecule has 0 aromatic heterocycles. The second kappa shape index (κ2) is 5.89. The van der Waals surface area contributed by atoms with Crippen LogP contribution >= 0.6 is 0 Å². The first-order valence-electron chi connectivity index (χ1n) is 5.97. The van der Waals surface area contributed by atoms with E-state index in [0.717, 1.165) is 17.7 Å². The van der Waals surface area contributed by atoms with E-state index in [0.29, 0.717) is 12.0 Å². The molecule has 2 aromatic carbocycles. The Labute approximate surface area is 110 Å². The number of rotatable bonds is 4. The van der Waals surface area contributed by atoms with Crippen LogP contribution in [-0.4, -0.2) is 7.05 Å². The number of hydrogen-bond donors (Lipinski definition) is 1. The Kier molecular flexibility index (Phi) is 4.22. The molecule has 0 aliphatic carbocycles. The molecular weight excluding hydrogens is 251 g/mol. The standard InChI is InChI=1S/C15H14F3N/c1-19-14(7-10-5-3-2-4-6-10)11-8-12(16)15(18)13(17)9-11/h2-6,8-9,14,19H,7H2,1H3. The molecule has 1 nitrogen and oxygen atoms in total. The van der Waals surface area contributed by atoms with Crippen molar-refractivity contribution in [2.75, 3.05) is 7.05 Å².